The first-order valence-electron chi connectivity index (χ1n) is 8.26. The van der Waals surface area contributed by atoms with Gasteiger partial charge in [-0.1, -0.05) is 0 Å². The number of carbonyl (C=O) groups excluding carboxylic acids is 1. The number of nitrogens with one attached hydrogen (secondary N) is 1. The Kier molecular flexibility index (Phi) is 5.42. The maximum Gasteiger partial charge on any atom is 0.241 e. The van der Waals surface area contributed by atoms with Gasteiger partial charge < -0.3 is 25.6 Å². The van der Waals surface area contributed by atoms with Gasteiger partial charge in [-0.25, -0.2) is 15.0 Å². The second kappa shape index (κ2) is 7.91. The molecular formula is C16H22N8O2. The molecular weight excluding hydrogens is 336 g/mol. The SMILES string of the molecule is CN(C)C(=O)CNc1cc(-c2cnc(N)nc2)nc(N2CCOCC2)n1. The number of aromatic nitrogens is 4. The number of nitrogens with two attached hydrogens (primary N) is 1. The topological polar surface area (TPSA) is 122 Å². The third-order valence-electron chi connectivity index (χ3n) is 3.90. The van der Waals surface area contributed by atoms with Gasteiger partial charge >= 0.3 is 0 Å². The predicted octanol–water partition coefficient (Wildman–Crippen LogP) is -0.147. The van der Waals surface area contributed by atoms with Crippen molar-refractivity contribution in [2.24, 2.45) is 0 Å². The second-order valence-corrected chi connectivity index (χ2v) is 6.01. The van der Waals surface area contributed by atoms with Crippen molar-refractivity contribution in [3.8, 4) is 11.3 Å². The fourth-order valence-electron chi connectivity index (χ4n) is 2.37. The molecule has 0 atom stereocenters. The summed E-state index contributed by atoms with van der Waals surface area (Å²) in [5.74, 6) is 1.28. The highest BCUT2D eigenvalue weighted by Gasteiger charge is 2.17. The van der Waals surface area contributed by atoms with Gasteiger partial charge in [0.25, 0.3) is 0 Å². The Balaban J connectivity index is 1.90. The Morgan fingerprint density at radius 2 is 1.96 bits per heavy atom. The van der Waals surface area contributed by atoms with Crippen LogP contribution in [0.1, 0.15) is 0 Å². The summed E-state index contributed by atoms with van der Waals surface area (Å²) >= 11 is 0. The Bertz CT molecular complexity index is 759. The number of carbonyl (C=O) groups is 1. The lowest BCUT2D eigenvalue weighted by molar-refractivity contribution is -0.126. The van der Waals surface area contributed by atoms with Crippen LogP contribution in [0.15, 0.2) is 18.5 Å². The van der Waals surface area contributed by atoms with E-state index in [1.165, 1.54) is 4.90 Å². The van der Waals surface area contributed by atoms with E-state index in [1.807, 2.05) is 4.90 Å². The summed E-state index contributed by atoms with van der Waals surface area (Å²) < 4.78 is 5.39. The van der Waals surface area contributed by atoms with Gasteiger partial charge in [0.05, 0.1) is 25.5 Å². The fraction of sp³-hybridized carbons (Fsp3) is 0.438. The van der Waals surface area contributed by atoms with E-state index in [4.69, 9.17) is 10.5 Å². The fourth-order valence-corrected chi connectivity index (χ4v) is 2.37. The van der Waals surface area contributed by atoms with E-state index in [1.54, 1.807) is 32.6 Å². The van der Waals surface area contributed by atoms with Crippen LogP contribution in [0.4, 0.5) is 17.7 Å². The van der Waals surface area contributed by atoms with Crippen molar-refractivity contribution in [2.45, 2.75) is 0 Å². The molecule has 138 valence electrons. The molecule has 1 fully saturated rings. The van der Waals surface area contributed by atoms with Crippen molar-refractivity contribution >= 4 is 23.6 Å². The smallest absolute Gasteiger partial charge is 0.241 e. The van der Waals surface area contributed by atoms with Crippen molar-refractivity contribution in [3.05, 3.63) is 18.5 Å². The molecule has 1 amide bonds. The molecule has 1 aliphatic rings. The Morgan fingerprint density at radius 1 is 1.27 bits per heavy atom. The summed E-state index contributed by atoms with van der Waals surface area (Å²) in [5.41, 5.74) is 6.93. The summed E-state index contributed by atoms with van der Waals surface area (Å²) in [7, 11) is 3.42. The Labute approximate surface area is 151 Å². The normalized spacial score (nSPS) is 14.2. The van der Waals surface area contributed by atoms with Crippen LogP contribution in [0.3, 0.4) is 0 Å². The Hall–Kier alpha value is -3.01. The number of morpholine rings is 1. The molecule has 1 aliphatic heterocycles. The van der Waals surface area contributed by atoms with Crippen molar-refractivity contribution in [2.75, 3.05) is 62.9 Å². The number of hydrogen-bond acceptors (Lipinski definition) is 9. The number of likely N-dealkylation sites (N-methyl/N-ethyl adjacent to an activating group) is 1. The maximum atomic E-state index is 11.9. The number of nitrogens with zero attached hydrogens (tertiary/aromatic N) is 6. The minimum Gasteiger partial charge on any atom is -0.378 e. The summed E-state index contributed by atoms with van der Waals surface area (Å²) in [6.07, 6.45) is 3.23. The molecule has 0 unspecified atom stereocenters. The van der Waals surface area contributed by atoms with E-state index in [0.717, 1.165) is 5.56 Å². The minimum atomic E-state index is -0.0473. The standard InChI is InChI=1S/C16H22N8O2/c1-23(2)14(25)10-18-13-7-12(11-8-19-15(17)20-9-11)21-16(22-13)24-3-5-26-6-4-24/h7-9H,3-6,10H2,1-2H3,(H2,17,19,20)(H,18,21,22). The van der Waals surface area contributed by atoms with Gasteiger partial charge in [0, 0.05) is 51.2 Å². The van der Waals surface area contributed by atoms with Crippen LogP contribution < -0.4 is 16.0 Å². The van der Waals surface area contributed by atoms with Crippen LogP contribution in [-0.4, -0.2) is 77.7 Å². The molecule has 3 N–H and O–H groups in total. The molecule has 0 radical (unpaired) electrons. The van der Waals surface area contributed by atoms with Crippen LogP contribution in [0.25, 0.3) is 11.3 Å². The van der Waals surface area contributed by atoms with Crippen LogP contribution in [0.5, 0.6) is 0 Å². The molecule has 0 aliphatic carbocycles. The number of rotatable bonds is 5. The lowest BCUT2D eigenvalue weighted by Crippen LogP contribution is -2.37. The van der Waals surface area contributed by atoms with Crippen molar-refractivity contribution < 1.29 is 9.53 Å². The summed E-state index contributed by atoms with van der Waals surface area (Å²) in [6, 6.07) is 1.77. The van der Waals surface area contributed by atoms with Gasteiger partial charge in [-0.15, -0.1) is 0 Å². The number of anilines is 3. The highest BCUT2D eigenvalue weighted by molar-refractivity contribution is 5.80. The van der Waals surface area contributed by atoms with E-state index in [9.17, 15) is 4.79 Å². The van der Waals surface area contributed by atoms with Crippen LogP contribution >= 0.6 is 0 Å². The molecule has 2 aromatic heterocycles. The zero-order valence-corrected chi connectivity index (χ0v) is 14.8. The van der Waals surface area contributed by atoms with Gasteiger partial charge in [-0.3, -0.25) is 4.79 Å². The van der Waals surface area contributed by atoms with Crippen LogP contribution in [0.2, 0.25) is 0 Å². The van der Waals surface area contributed by atoms with Crippen molar-refractivity contribution in [1.29, 1.82) is 0 Å². The highest BCUT2D eigenvalue weighted by atomic mass is 16.5. The molecule has 0 bridgehead atoms. The molecule has 1 saturated heterocycles. The van der Waals surface area contributed by atoms with Gasteiger partial charge in [-0.2, -0.15) is 4.98 Å². The van der Waals surface area contributed by atoms with E-state index in [-0.39, 0.29) is 18.4 Å². The number of hydrogen-bond donors (Lipinski definition) is 2. The van der Waals surface area contributed by atoms with Crippen molar-refractivity contribution in [1.82, 2.24) is 24.8 Å². The molecule has 3 heterocycles. The second-order valence-electron chi connectivity index (χ2n) is 6.01. The molecule has 10 nitrogen and oxygen atoms in total. The highest BCUT2D eigenvalue weighted by Crippen LogP contribution is 2.22. The quantitative estimate of drug-likeness (QED) is 0.751. The Morgan fingerprint density at radius 3 is 2.62 bits per heavy atom. The first-order chi connectivity index (χ1) is 12.5. The lowest BCUT2D eigenvalue weighted by Gasteiger charge is -2.27. The number of nitrogen functional groups attached to an aromatic ring is 1. The first kappa shape index (κ1) is 17.8. The van der Waals surface area contributed by atoms with Gasteiger partial charge in [0.15, 0.2) is 0 Å². The average molecular weight is 358 g/mol. The van der Waals surface area contributed by atoms with Gasteiger partial charge in [-0.05, 0) is 0 Å². The molecule has 0 saturated carbocycles. The molecule has 0 spiro atoms. The summed E-state index contributed by atoms with van der Waals surface area (Å²) in [4.78, 5) is 32.6. The van der Waals surface area contributed by atoms with E-state index in [2.05, 4.69) is 25.3 Å². The van der Waals surface area contributed by atoms with Crippen LogP contribution in [0, 0.1) is 0 Å². The molecule has 3 rings (SSSR count). The van der Waals surface area contributed by atoms with E-state index >= 15 is 0 Å². The summed E-state index contributed by atoms with van der Waals surface area (Å²) in [5, 5.41) is 3.06. The number of amides is 1. The third-order valence-corrected chi connectivity index (χ3v) is 3.90. The largest absolute Gasteiger partial charge is 0.378 e. The van der Waals surface area contributed by atoms with E-state index in [0.29, 0.717) is 43.8 Å². The minimum absolute atomic E-state index is 0.0473. The molecule has 0 aromatic carbocycles. The van der Waals surface area contributed by atoms with Gasteiger partial charge in [0.1, 0.15) is 5.82 Å². The third kappa shape index (κ3) is 4.33. The lowest BCUT2D eigenvalue weighted by atomic mass is 10.2. The zero-order valence-electron chi connectivity index (χ0n) is 14.8. The summed E-state index contributed by atoms with van der Waals surface area (Å²) in [6.45, 7) is 2.81. The molecule has 10 heteroatoms. The number of ether oxygens (including phenoxy) is 1. The zero-order chi connectivity index (χ0) is 18.5. The van der Waals surface area contributed by atoms with Crippen molar-refractivity contribution in [3.63, 3.8) is 0 Å². The van der Waals surface area contributed by atoms with E-state index < -0.39 is 0 Å². The van der Waals surface area contributed by atoms with Gasteiger partial charge in [0.2, 0.25) is 17.8 Å². The monoisotopic (exact) mass is 358 g/mol. The molecule has 2 aromatic rings. The van der Waals surface area contributed by atoms with Crippen LogP contribution in [-0.2, 0) is 9.53 Å². The predicted molar refractivity (Wildman–Crippen MR) is 97.7 cm³/mol. The maximum absolute atomic E-state index is 11.9. The molecule has 26 heavy (non-hydrogen) atoms. The first-order valence-corrected chi connectivity index (χ1v) is 8.26. The average Bonchev–Trinajstić information content (AvgIpc) is 2.67.